The number of ketones is 1. The Morgan fingerprint density at radius 2 is 2.12 bits per heavy atom. The van der Waals surface area contributed by atoms with Crippen LogP contribution >= 0.6 is 0 Å². The minimum absolute atomic E-state index is 0.00806. The van der Waals surface area contributed by atoms with Crippen LogP contribution in [0.25, 0.3) is 0 Å². The molecule has 1 unspecified atom stereocenters. The highest BCUT2D eigenvalue weighted by Gasteiger charge is 2.66. The summed E-state index contributed by atoms with van der Waals surface area (Å²) in [6, 6.07) is 0. The van der Waals surface area contributed by atoms with Crippen molar-refractivity contribution in [1.29, 1.82) is 0 Å². The van der Waals surface area contributed by atoms with E-state index in [9.17, 15) is 9.90 Å². The Labute approximate surface area is 104 Å². The van der Waals surface area contributed by atoms with E-state index >= 15 is 0 Å². The highest BCUT2D eigenvalue weighted by atomic mass is 16.3. The number of fused-ring (bicyclic) bond motifs is 1. The summed E-state index contributed by atoms with van der Waals surface area (Å²) in [4.78, 5) is 12.3. The lowest BCUT2D eigenvalue weighted by Gasteiger charge is -2.31. The SMILES string of the molecule is C=C[C@@H](C)[C@@H](O)C1C(=O)[C@H](C)C[C@@H]2[C@H]1C2(C)C. The molecule has 2 heteroatoms. The van der Waals surface area contributed by atoms with Crippen LogP contribution in [0.15, 0.2) is 12.7 Å². The molecule has 0 aliphatic heterocycles. The second-order valence-electron chi connectivity index (χ2n) is 6.60. The summed E-state index contributed by atoms with van der Waals surface area (Å²) in [5.74, 6) is 1.18. The lowest BCUT2D eigenvalue weighted by molar-refractivity contribution is -0.134. The monoisotopic (exact) mass is 236 g/mol. The molecule has 96 valence electrons. The van der Waals surface area contributed by atoms with Gasteiger partial charge >= 0.3 is 0 Å². The lowest BCUT2D eigenvalue weighted by atomic mass is 9.75. The van der Waals surface area contributed by atoms with Crippen LogP contribution in [-0.4, -0.2) is 17.0 Å². The minimum atomic E-state index is -0.558. The zero-order valence-electron chi connectivity index (χ0n) is 11.3. The van der Waals surface area contributed by atoms with Gasteiger partial charge in [-0.05, 0) is 23.7 Å². The van der Waals surface area contributed by atoms with Crippen LogP contribution < -0.4 is 0 Å². The van der Waals surface area contributed by atoms with Gasteiger partial charge in [0.05, 0.1) is 6.10 Å². The van der Waals surface area contributed by atoms with Crippen LogP contribution in [0.3, 0.4) is 0 Å². The number of hydrogen-bond donors (Lipinski definition) is 1. The first-order chi connectivity index (χ1) is 7.82. The van der Waals surface area contributed by atoms with E-state index in [0.717, 1.165) is 6.42 Å². The van der Waals surface area contributed by atoms with E-state index in [-0.39, 0.29) is 29.0 Å². The molecule has 0 saturated heterocycles. The molecule has 0 heterocycles. The molecular formula is C15H24O2. The number of aliphatic hydroxyl groups excluding tert-OH is 1. The Bertz CT molecular complexity index is 345. The summed E-state index contributed by atoms with van der Waals surface area (Å²) >= 11 is 0. The number of hydrogen-bond acceptors (Lipinski definition) is 2. The average molecular weight is 236 g/mol. The highest BCUT2D eigenvalue weighted by Crippen LogP contribution is 2.67. The Morgan fingerprint density at radius 1 is 1.53 bits per heavy atom. The summed E-state index contributed by atoms with van der Waals surface area (Å²) in [6.45, 7) is 12.1. The van der Waals surface area contributed by atoms with Gasteiger partial charge in [-0.1, -0.05) is 33.8 Å². The van der Waals surface area contributed by atoms with Gasteiger partial charge in [-0.15, -0.1) is 6.58 Å². The molecule has 2 fully saturated rings. The van der Waals surface area contributed by atoms with Crippen LogP contribution in [0.5, 0.6) is 0 Å². The van der Waals surface area contributed by atoms with Crippen LogP contribution in [0.1, 0.15) is 34.1 Å². The fraction of sp³-hybridized carbons (Fsp3) is 0.800. The Kier molecular flexibility index (Phi) is 2.97. The number of Topliss-reactive ketones (excluding diaryl/α,β-unsaturated/α-hetero) is 1. The fourth-order valence-corrected chi connectivity index (χ4v) is 3.80. The molecule has 0 spiro atoms. The summed E-state index contributed by atoms with van der Waals surface area (Å²) in [6.07, 6.45) is 2.20. The maximum atomic E-state index is 12.3. The van der Waals surface area contributed by atoms with Gasteiger partial charge in [0, 0.05) is 17.8 Å². The summed E-state index contributed by atoms with van der Waals surface area (Å²) in [5.41, 5.74) is 0.229. The summed E-state index contributed by atoms with van der Waals surface area (Å²) in [7, 11) is 0. The van der Waals surface area contributed by atoms with E-state index in [1.807, 2.05) is 13.8 Å². The molecule has 2 aliphatic carbocycles. The van der Waals surface area contributed by atoms with Crippen molar-refractivity contribution in [3.8, 4) is 0 Å². The van der Waals surface area contributed by atoms with E-state index in [2.05, 4.69) is 20.4 Å². The molecule has 2 saturated carbocycles. The van der Waals surface area contributed by atoms with Gasteiger partial charge in [0.15, 0.2) is 0 Å². The first-order valence-electron chi connectivity index (χ1n) is 6.66. The van der Waals surface area contributed by atoms with Gasteiger partial charge in [-0.25, -0.2) is 0 Å². The van der Waals surface area contributed by atoms with Crippen molar-refractivity contribution in [3.05, 3.63) is 12.7 Å². The van der Waals surface area contributed by atoms with Crippen molar-refractivity contribution in [2.75, 3.05) is 0 Å². The number of aliphatic hydroxyl groups is 1. The van der Waals surface area contributed by atoms with Crippen molar-refractivity contribution in [2.24, 2.45) is 35.0 Å². The Hall–Kier alpha value is -0.630. The van der Waals surface area contributed by atoms with Gasteiger partial charge < -0.3 is 5.11 Å². The Balaban J connectivity index is 2.24. The lowest BCUT2D eigenvalue weighted by Crippen LogP contribution is -2.40. The molecule has 2 rings (SSSR count). The van der Waals surface area contributed by atoms with Crippen LogP contribution in [0.2, 0.25) is 0 Å². The third kappa shape index (κ3) is 1.77. The molecule has 2 aliphatic rings. The first-order valence-corrected chi connectivity index (χ1v) is 6.66. The van der Waals surface area contributed by atoms with Crippen LogP contribution in [0, 0.1) is 35.0 Å². The number of carbonyl (C=O) groups excluding carboxylic acids is 1. The Morgan fingerprint density at radius 3 is 2.65 bits per heavy atom. The van der Waals surface area contributed by atoms with E-state index in [4.69, 9.17) is 0 Å². The maximum absolute atomic E-state index is 12.3. The first kappa shape index (κ1) is 12.8. The van der Waals surface area contributed by atoms with E-state index in [1.54, 1.807) is 6.08 Å². The van der Waals surface area contributed by atoms with E-state index < -0.39 is 6.10 Å². The van der Waals surface area contributed by atoms with Crippen molar-refractivity contribution in [1.82, 2.24) is 0 Å². The van der Waals surface area contributed by atoms with Crippen molar-refractivity contribution in [2.45, 2.75) is 40.2 Å². The zero-order valence-corrected chi connectivity index (χ0v) is 11.3. The second-order valence-corrected chi connectivity index (χ2v) is 6.60. The molecule has 2 nitrogen and oxygen atoms in total. The van der Waals surface area contributed by atoms with Crippen molar-refractivity contribution in [3.63, 3.8) is 0 Å². The molecule has 0 aromatic carbocycles. The fourth-order valence-electron chi connectivity index (χ4n) is 3.80. The molecule has 0 aromatic heterocycles. The van der Waals surface area contributed by atoms with Crippen molar-refractivity contribution >= 4 is 5.78 Å². The van der Waals surface area contributed by atoms with Gasteiger partial charge in [-0.2, -0.15) is 0 Å². The molecule has 1 N–H and O–H groups in total. The van der Waals surface area contributed by atoms with Gasteiger partial charge in [-0.3, -0.25) is 4.79 Å². The van der Waals surface area contributed by atoms with E-state index in [1.165, 1.54) is 0 Å². The highest BCUT2D eigenvalue weighted by molar-refractivity contribution is 5.86. The van der Waals surface area contributed by atoms with Gasteiger partial charge in [0.25, 0.3) is 0 Å². The third-order valence-corrected chi connectivity index (χ3v) is 5.23. The normalized spacial score (nSPS) is 42.5. The van der Waals surface area contributed by atoms with Crippen LogP contribution in [-0.2, 0) is 4.79 Å². The molecule has 6 atom stereocenters. The van der Waals surface area contributed by atoms with Gasteiger partial charge in [0.2, 0.25) is 0 Å². The predicted octanol–water partition coefficient (Wildman–Crippen LogP) is 2.67. The molecule has 17 heavy (non-hydrogen) atoms. The van der Waals surface area contributed by atoms with Gasteiger partial charge in [0.1, 0.15) is 5.78 Å². The van der Waals surface area contributed by atoms with E-state index in [0.29, 0.717) is 11.8 Å². The summed E-state index contributed by atoms with van der Waals surface area (Å²) in [5, 5.41) is 10.4. The topological polar surface area (TPSA) is 37.3 Å². The molecule has 0 radical (unpaired) electrons. The summed E-state index contributed by atoms with van der Waals surface area (Å²) < 4.78 is 0. The molecule has 0 bridgehead atoms. The molecule has 0 aromatic rings. The second kappa shape index (κ2) is 3.94. The third-order valence-electron chi connectivity index (χ3n) is 5.23. The predicted molar refractivity (Wildman–Crippen MR) is 68.4 cm³/mol. The van der Waals surface area contributed by atoms with Crippen molar-refractivity contribution < 1.29 is 9.90 Å². The number of carbonyl (C=O) groups is 1. The molecule has 0 amide bonds. The molecular weight excluding hydrogens is 212 g/mol. The van der Waals surface area contributed by atoms with Crippen LogP contribution in [0.4, 0.5) is 0 Å². The zero-order chi connectivity index (χ0) is 13.0. The standard InChI is InChI=1S/C15H24O2/c1-6-8(2)13(16)11-12-10(15(12,4)5)7-9(3)14(11)17/h6,8-13,16H,1,7H2,2-5H3/t8-,9-,10-,11?,12-,13-/m1/s1. The maximum Gasteiger partial charge on any atom is 0.141 e. The largest absolute Gasteiger partial charge is 0.392 e. The minimum Gasteiger partial charge on any atom is -0.392 e. The average Bonchev–Trinajstić information content (AvgIpc) is 2.80. The number of rotatable bonds is 3. The quantitative estimate of drug-likeness (QED) is 0.765. The smallest absolute Gasteiger partial charge is 0.141 e.